The number of carbonyl (C=O) groups is 2. The van der Waals surface area contributed by atoms with Gasteiger partial charge >= 0.3 is 0 Å². The van der Waals surface area contributed by atoms with Gasteiger partial charge in [-0.2, -0.15) is 5.10 Å². The quantitative estimate of drug-likeness (QED) is 0.754. The molecule has 3 rings (SSSR count). The molecule has 2 amide bonds. The van der Waals surface area contributed by atoms with Crippen molar-refractivity contribution in [3.05, 3.63) is 17.5 Å². The van der Waals surface area contributed by atoms with Gasteiger partial charge in [0, 0.05) is 32.4 Å². The highest BCUT2D eigenvalue weighted by Gasteiger charge is 2.50. The summed E-state index contributed by atoms with van der Waals surface area (Å²) in [6, 6.07) is 0. The van der Waals surface area contributed by atoms with Crippen molar-refractivity contribution in [1.29, 1.82) is 0 Å². The highest BCUT2D eigenvalue weighted by molar-refractivity contribution is 5.96. The maximum atomic E-state index is 12.7. The third-order valence-corrected chi connectivity index (χ3v) is 5.07. The van der Waals surface area contributed by atoms with Crippen molar-refractivity contribution in [1.82, 2.24) is 20.0 Å². The monoisotopic (exact) mass is 306 g/mol. The molecule has 22 heavy (non-hydrogen) atoms. The number of rotatable bonds is 1. The third-order valence-electron chi connectivity index (χ3n) is 5.07. The lowest BCUT2D eigenvalue weighted by Gasteiger charge is -2.46. The Bertz CT molecular complexity index is 612. The van der Waals surface area contributed by atoms with E-state index in [4.69, 9.17) is 0 Å². The van der Waals surface area contributed by atoms with Crippen LogP contribution in [0.15, 0.2) is 6.20 Å². The summed E-state index contributed by atoms with van der Waals surface area (Å²) in [5, 5.41) is 17.3. The van der Waals surface area contributed by atoms with Crippen molar-refractivity contribution in [2.24, 2.45) is 12.5 Å². The van der Waals surface area contributed by atoms with Gasteiger partial charge in [0.25, 0.3) is 5.91 Å². The smallest absolute Gasteiger partial charge is 0.257 e. The van der Waals surface area contributed by atoms with E-state index in [-0.39, 0.29) is 18.4 Å². The number of aliphatic hydroxyl groups excluding tert-OH is 1. The molecule has 1 spiro atoms. The van der Waals surface area contributed by atoms with Crippen LogP contribution in [0, 0.1) is 12.3 Å². The van der Waals surface area contributed by atoms with Gasteiger partial charge in [-0.3, -0.25) is 14.3 Å². The minimum atomic E-state index is -0.859. The zero-order valence-electron chi connectivity index (χ0n) is 13.0. The van der Waals surface area contributed by atoms with Crippen LogP contribution in [0.3, 0.4) is 0 Å². The van der Waals surface area contributed by atoms with Crippen LogP contribution in [-0.4, -0.2) is 57.3 Å². The average Bonchev–Trinajstić information content (AvgIpc) is 2.84. The van der Waals surface area contributed by atoms with E-state index in [1.165, 1.54) is 0 Å². The number of aliphatic hydroxyl groups is 1. The lowest BCUT2D eigenvalue weighted by molar-refractivity contribution is -0.147. The summed E-state index contributed by atoms with van der Waals surface area (Å²) in [6.07, 6.45) is 2.76. The van der Waals surface area contributed by atoms with Crippen molar-refractivity contribution in [2.75, 3.05) is 19.6 Å². The molecule has 3 heterocycles. The third kappa shape index (κ3) is 2.20. The summed E-state index contributed by atoms with van der Waals surface area (Å²) in [5.41, 5.74) is 0.506. The number of hydrogen-bond acceptors (Lipinski definition) is 4. The van der Waals surface area contributed by atoms with Gasteiger partial charge in [0.2, 0.25) is 5.91 Å². The number of aryl methyl sites for hydroxylation is 1. The Morgan fingerprint density at radius 3 is 2.95 bits per heavy atom. The number of nitrogens with one attached hydrogen (secondary N) is 1. The Hall–Kier alpha value is -1.89. The molecule has 1 aromatic rings. The molecule has 7 heteroatoms. The van der Waals surface area contributed by atoms with Gasteiger partial charge in [-0.05, 0) is 26.2 Å². The summed E-state index contributed by atoms with van der Waals surface area (Å²) in [7, 11) is 1.79. The molecule has 120 valence electrons. The zero-order valence-corrected chi connectivity index (χ0v) is 13.0. The molecule has 2 N–H and O–H groups in total. The summed E-state index contributed by atoms with van der Waals surface area (Å²) in [5.74, 6) is -0.248. The molecule has 2 fully saturated rings. The molecule has 0 bridgehead atoms. The van der Waals surface area contributed by atoms with Crippen molar-refractivity contribution >= 4 is 11.8 Å². The molecule has 2 aliphatic heterocycles. The van der Waals surface area contributed by atoms with Crippen LogP contribution < -0.4 is 5.32 Å². The first-order valence-corrected chi connectivity index (χ1v) is 7.70. The van der Waals surface area contributed by atoms with Crippen molar-refractivity contribution in [2.45, 2.75) is 32.3 Å². The van der Waals surface area contributed by atoms with Gasteiger partial charge in [-0.1, -0.05) is 0 Å². The van der Waals surface area contributed by atoms with Crippen LogP contribution in [0.25, 0.3) is 0 Å². The Labute approximate surface area is 129 Å². The SMILES string of the molecule is Cc1c(C(=O)N2CC[C@H](O)[C@@]3(CCCNC3=O)C2)cnn1C. The van der Waals surface area contributed by atoms with Gasteiger partial charge < -0.3 is 15.3 Å². The van der Waals surface area contributed by atoms with E-state index in [9.17, 15) is 14.7 Å². The highest BCUT2D eigenvalue weighted by Crippen LogP contribution is 2.37. The highest BCUT2D eigenvalue weighted by atomic mass is 16.3. The maximum Gasteiger partial charge on any atom is 0.257 e. The van der Waals surface area contributed by atoms with E-state index in [1.54, 1.807) is 22.8 Å². The number of amides is 2. The number of hydrogen-bond donors (Lipinski definition) is 2. The Morgan fingerprint density at radius 2 is 2.32 bits per heavy atom. The van der Waals surface area contributed by atoms with Crippen molar-refractivity contribution in [3.8, 4) is 0 Å². The zero-order chi connectivity index (χ0) is 15.9. The van der Waals surface area contributed by atoms with Crippen LogP contribution in [-0.2, 0) is 11.8 Å². The van der Waals surface area contributed by atoms with Gasteiger partial charge in [0.1, 0.15) is 0 Å². The molecular formula is C15H22N4O3. The van der Waals surface area contributed by atoms with Crippen LogP contribution in [0.2, 0.25) is 0 Å². The minimum Gasteiger partial charge on any atom is -0.392 e. The fourth-order valence-corrected chi connectivity index (χ4v) is 3.50. The predicted octanol–water partition coefficient (Wildman–Crippen LogP) is -0.168. The Balaban J connectivity index is 1.85. The molecule has 0 radical (unpaired) electrons. The van der Waals surface area contributed by atoms with Gasteiger partial charge in [0.05, 0.1) is 23.3 Å². The van der Waals surface area contributed by atoms with E-state index in [0.29, 0.717) is 31.5 Å². The molecule has 0 unspecified atom stereocenters. The number of piperidine rings is 2. The van der Waals surface area contributed by atoms with Gasteiger partial charge in [-0.15, -0.1) is 0 Å². The summed E-state index contributed by atoms with van der Waals surface area (Å²) in [6.45, 7) is 3.22. The van der Waals surface area contributed by atoms with E-state index >= 15 is 0 Å². The van der Waals surface area contributed by atoms with Gasteiger partial charge in [-0.25, -0.2) is 0 Å². The Kier molecular flexibility index (Phi) is 3.68. The second-order valence-corrected chi connectivity index (χ2v) is 6.31. The molecule has 1 aromatic heterocycles. The van der Waals surface area contributed by atoms with E-state index in [0.717, 1.165) is 12.1 Å². The topological polar surface area (TPSA) is 87.5 Å². The molecule has 2 atom stereocenters. The molecule has 0 aromatic carbocycles. The first kappa shape index (κ1) is 15.0. The average molecular weight is 306 g/mol. The molecular weight excluding hydrogens is 284 g/mol. The largest absolute Gasteiger partial charge is 0.392 e. The molecule has 0 aliphatic carbocycles. The van der Waals surface area contributed by atoms with Crippen LogP contribution >= 0.6 is 0 Å². The van der Waals surface area contributed by atoms with Crippen molar-refractivity contribution < 1.29 is 14.7 Å². The van der Waals surface area contributed by atoms with Crippen LogP contribution in [0.1, 0.15) is 35.3 Å². The second kappa shape index (κ2) is 5.39. The minimum absolute atomic E-state index is 0.116. The lowest BCUT2D eigenvalue weighted by Crippen LogP contribution is -2.62. The normalized spacial score (nSPS) is 28.8. The number of nitrogens with zero attached hydrogens (tertiary/aromatic N) is 3. The molecule has 2 saturated heterocycles. The maximum absolute atomic E-state index is 12.7. The summed E-state index contributed by atoms with van der Waals surface area (Å²) in [4.78, 5) is 26.7. The van der Waals surface area contributed by atoms with E-state index in [2.05, 4.69) is 10.4 Å². The summed E-state index contributed by atoms with van der Waals surface area (Å²) >= 11 is 0. The molecule has 7 nitrogen and oxygen atoms in total. The lowest BCUT2D eigenvalue weighted by atomic mass is 9.71. The van der Waals surface area contributed by atoms with E-state index in [1.807, 2.05) is 6.92 Å². The number of aromatic nitrogens is 2. The van der Waals surface area contributed by atoms with Gasteiger partial charge in [0.15, 0.2) is 0 Å². The van der Waals surface area contributed by atoms with Crippen LogP contribution in [0.5, 0.6) is 0 Å². The Morgan fingerprint density at radius 1 is 1.55 bits per heavy atom. The fraction of sp³-hybridized carbons (Fsp3) is 0.667. The number of likely N-dealkylation sites (tertiary alicyclic amines) is 1. The first-order chi connectivity index (χ1) is 10.5. The number of carbonyl (C=O) groups excluding carboxylic acids is 2. The first-order valence-electron chi connectivity index (χ1n) is 7.70. The van der Waals surface area contributed by atoms with E-state index < -0.39 is 11.5 Å². The van der Waals surface area contributed by atoms with Crippen molar-refractivity contribution in [3.63, 3.8) is 0 Å². The predicted molar refractivity (Wildman–Crippen MR) is 79.1 cm³/mol. The summed E-state index contributed by atoms with van der Waals surface area (Å²) < 4.78 is 1.66. The standard InChI is InChI=1S/C15H22N4O3/c1-10-11(8-17-18(10)2)13(21)19-7-4-12(20)15(9-19)5-3-6-16-14(15)22/h8,12,20H,3-7,9H2,1-2H3,(H,16,22)/t12-,15+/m0/s1. The fourth-order valence-electron chi connectivity index (χ4n) is 3.50. The second-order valence-electron chi connectivity index (χ2n) is 6.31. The molecule has 0 saturated carbocycles. The molecule has 2 aliphatic rings. The van der Waals surface area contributed by atoms with Crippen LogP contribution in [0.4, 0.5) is 0 Å².